The molecule has 4 nitrogen and oxygen atoms in total. The van der Waals surface area contributed by atoms with Gasteiger partial charge in [0.1, 0.15) is 0 Å². The SMILES string of the molecule is Cc1ccc(NC(=O)[C@H]2c3ccccc3C(=O)N(CC(C)C)[C@@H]2c2cccs2)cc1. The second-order valence-corrected chi connectivity index (χ2v) is 9.21. The molecule has 2 atom stereocenters. The number of hydrogen-bond donors (Lipinski definition) is 1. The summed E-state index contributed by atoms with van der Waals surface area (Å²) < 4.78 is 0. The van der Waals surface area contributed by atoms with Crippen LogP contribution >= 0.6 is 11.3 Å². The van der Waals surface area contributed by atoms with Gasteiger partial charge in [0, 0.05) is 22.7 Å². The standard InChI is InChI=1S/C25H26N2O2S/c1-16(2)15-27-23(21-9-6-14-30-21)22(19-7-4-5-8-20(19)25(27)29)24(28)26-18-12-10-17(3)11-13-18/h4-14,16,22-23H,15H2,1-3H3,(H,26,28)/t22-,23+/m0/s1. The highest BCUT2D eigenvalue weighted by Crippen LogP contribution is 2.44. The minimum Gasteiger partial charge on any atom is -0.329 e. The summed E-state index contributed by atoms with van der Waals surface area (Å²) in [5.74, 6) is -0.275. The smallest absolute Gasteiger partial charge is 0.254 e. The zero-order valence-electron chi connectivity index (χ0n) is 17.5. The van der Waals surface area contributed by atoms with Crippen molar-refractivity contribution in [3.05, 3.63) is 87.6 Å². The highest BCUT2D eigenvalue weighted by molar-refractivity contribution is 7.10. The fourth-order valence-corrected chi connectivity index (χ4v) is 4.98. The molecule has 0 aliphatic carbocycles. The lowest BCUT2D eigenvalue weighted by molar-refractivity contribution is -0.119. The number of rotatable bonds is 5. The third kappa shape index (κ3) is 3.90. The molecule has 4 rings (SSSR count). The predicted molar refractivity (Wildman–Crippen MR) is 122 cm³/mol. The van der Waals surface area contributed by atoms with Crippen LogP contribution in [0.2, 0.25) is 0 Å². The Morgan fingerprint density at radius 2 is 1.80 bits per heavy atom. The van der Waals surface area contributed by atoms with Crippen LogP contribution in [0.3, 0.4) is 0 Å². The lowest BCUT2D eigenvalue weighted by Gasteiger charge is -2.42. The molecular formula is C25H26N2O2S. The molecule has 1 aliphatic heterocycles. The monoisotopic (exact) mass is 418 g/mol. The average molecular weight is 419 g/mol. The summed E-state index contributed by atoms with van der Waals surface area (Å²) in [5, 5.41) is 5.09. The maximum Gasteiger partial charge on any atom is 0.254 e. The first kappa shape index (κ1) is 20.4. The summed E-state index contributed by atoms with van der Waals surface area (Å²) in [6, 6.07) is 19.0. The molecular weight excluding hydrogens is 392 g/mol. The topological polar surface area (TPSA) is 49.4 Å². The Labute approximate surface area is 181 Å². The maximum atomic E-state index is 13.6. The van der Waals surface area contributed by atoms with Gasteiger partial charge in [0.25, 0.3) is 5.91 Å². The summed E-state index contributed by atoms with van der Waals surface area (Å²) in [4.78, 5) is 30.0. The van der Waals surface area contributed by atoms with Gasteiger partial charge in [-0.05, 0) is 48.1 Å². The molecule has 0 bridgehead atoms. The molecule has 0 unspecified atom stereocenters. The van der Waals surface area contributed by atoms with E-state index >= 15 is 0 Å². The second kappa shape index (κ2) is 8.44. The molecule has 2 heterocycles. The second-order valence-electron chi connectivity index (χ2n) is 8.23. The molecule has 1 aliphatic rings. The molecule has 2 amide bonds. The number of hydrogen-bond acceptors (Lipinski definition) is 3. The van der Waals surface area contributed by atoms with Crippen molar-refractivity contribution in [3.8, 4) is 0 Å². The minimum absolute atomic E-state index is 0.00270. The van der Waals surface area contributed by atoms with Gasteiger partial charge < -0.3 is 10.2 Å². The van der Waals surface area contributed by atoms with Gasteiger partial charge in [-0.1, -0.05) is 55.8 Å². The molecule has 0 spiro atoms. The van der Waals surface area contributed by atoms with Gasteiger partial charge in [0.05, 0.1) is 12.0 Å². The van der Waals surface area contributed by atoms with Gasteiger partial charge >= 0.3 is 0 Å². The zero-order valence-corrected chi connectivity index (χ0v) is 18.3. The number of nitrogens with one attached hydrogen (secondary N) is 1. The van der Waals surface area contributed by atoms with Gasteiger partial charge in [0.15, 0.2) is 0 Å². The van der Waals surface area contributed by atoms with Crippen LogP contribution in [0, 0.1) is 12.8 Å². The fraction of sp³-hybridized carbons (Fsp3) is 0.280. The molecule has 0 fully saturated rings. The van der Waals surface area contributed by atoms with Crippen LogP contribution in [-0.4, -0.2) is 23.3 Å². The molecule has 154 valence electrons. The van der Waals surface area contributed by atoms with Crippen LogP contribution in [0.25, 0.3) is 0 Å². The van der Waals surface area contributed by atoms with Crippen molar-refractivity contribution in [1.29, 1.82) is 0 Å². The van der Waals surface area contributed by atoms with E-state index in [-0.39, 0.29) is 17.9 Å². The number of carbonyl (C=O) groups is 2. The normalized spacial score (nSPS) is 18.4. The van der Waals surface area contributed by atoms with E-state index in [4.69, 9.17) is 0 Å². The minimum atomic E-state index is -0.474. The zero-order chi connectivity index (χ0) is 21.3. The van der Waals surface area contributed by atoms with Crippen LogP contribution in [0.15, 0.2) is 66.0 Å². The third-order valence-electron chi connectivity index (χ3n) is 5.44. The number of thiophene rings is 1. The maximum absolute atomic E-state index is 13.6. The van der Waals surface area contributed by atoms with Gasteiger partial charge in [-0.2, -0.15) is 0 Å². The van der Waals surface area contributed by atoms with E-state index in [2.05, 4.69) is 19.2 Å². The van der Waals surface area contributed by atoms with E-state index in [1.165, 1.54) is 0 Å². The van der Waals surface area contributed by atoms with Crippen LogP contribution in [0.4, 0.5) is 5.69 Å². The van der Waals surface area contributed by atoms with Crippen molar-refractivity contribution >= 4 is 28.8 Å². The summed E-state index contributed by atoms with van der Waals surface area (Å²) in [6.45, 7) is 6.82. The lowest BCUT2D eigenvalue weighted by Crippen LogP contribution is -2.47. The van der Waals surface area contributed by atoms with Crippen molar-refractivity contribution in [3.63, 3.8) is 0 Å². The highest BCUT2D eigenvalue weighted by Gasteiger charge is 2.44. The van der Waals surface area contributed by atoms with Gasteiger partial charge in [-0.15, -0.1) is 11.3 Å². The molecule has 3 aromatic rings. The fourth-order valence-electron chi connectivity index (χ4n) is 4.10. The third-order valence-corrected chi connectivity index (χ3v) is 6.38. The number of nitrogens with zero attached hydrogens (tertiary/aromatic N) is 1. The molecule has 2 aromatic carbocycles. The summed E-state index contributed by atoms with van der Waals surface area (Å²) >= 11 is 1.59. The van der Waals surface area contributed by atoms with Crippen LogP contribution in [0.1, 0.15) is 52.2 Å². The Balaban J connectivity index is 1.80. The van der Waals surface area contributed by atoms with Crippen molar-refractivity contribution in [2.75, 3.05) is 11.9 Å². The summed E-state index contributed by atoms with van der Waals surface area (Å²) in [5.41, 5.74) is 3.32. The molecule has 0 saturated carbocycles. The number of carbonyl (C=O) groups excluding carboxylic acids is 2. The quantitative estimate of drug-likeness (QED) is 0.584. The number of anilines is 1. The first-order valence-corrected chi connectivity index (χ1v) is 11.1. The van der Waals surface area contributed by atoms with Gasteiger partial charge in [-0.3, -0.25) is 9.59 Å². The van der Waals surface area contributed by atoms with Crippen LogP contribution in [0.5, 0.6) is 0 Å². The van der Waals surface area contributed by atoms with Gasteiger partial charge in [0.2, 0.25) is 5.91 Å². The van der Waals surface area contributed by atoms with Crippen molar-refractivity contribution < 1.29 is 9.59 Å². The Hall–Kier alpha value is -2.92. The van der Waals surface area contributed by atoms with E-state index in [0.29, 0.717) is 18.0 Å². The largest absolute Gasteiger partial charge is 0.329 e. The Morgan fingerprint density at radius 1 is 1.07 bits per heavy atom. The molecule has 30 heavy (non-hydrogen) atoms. The van der Waals surface area contributed by atoms with E-state index in [1.54, 1.807) is 11.3 Å². The first-order chi connectivity index (χ1) is 14.5. The van der Waals surface area contributed by atoms with Crippen LogP contribution < -0.4 is 5.32 Å². The molecule has 5 heteroatoms. The van der Waals surface area contributed by atoms with Gasteiger partial charge in [-0.25, -0.2) is 0 Å². The van der Waals surface area contributed by atoms with E-state index in [1.807, 2.05) is 77.9 Å². The number of amides is 2. The molecule has 0 saturated heterocycles. The predicted octanol–water partition coefficient (Wildman–Crippen LogP) is 5.63. The highest BCUT2D eigenvalue weighted by atomic mass is 32.1. The Morgan fingerprint density at radius 3 is 2.47 bits per heavy atom. The number of aryl methyl sites for hydroxylation is 1. The van der Waals surface area contributed by atoms with E-state index in [9.17, 15) is 9.59 Å². The molecule has 1 aromatic heterocycles. The first-order valence-electron chi connectivity index (χ1n) is 10.3. The van der Waals surface area contributed by atoms with E-state index < -0.39 is 5.92 Å². The Kier molecular flexibility index (Phi) is 5.73. The Bertz CT molecular complexity index is 1040. The van der Waals surface area contributed by atoms with Crippen molar-refractivity contribution in [2.45, 2.75) is 32.7 Å². The molecule has 0 radical (unpaired) electrons. The molecule has 1 N–H and O–H groups in total. The average Bonchev–Trinajstić information content (AvgIpc) is 3.25. The number of benzene rings is 2. The summed E-state index contributed by atoms with van der Waals surface area (Å²) in [6.07, 6.45) is 0. The van der Waals surface area contributed by atoms with Crippen molar-refractivity contribution in [1.82, 2.24) is 4.90 Å². The van der Waals surface area contributed by atoms with Crippen molar-refractivity contribution in [2.24, 2.45) is 5.92 Å². The lowest BCUT2D eigenvalue weighted by atomic mass is 9.81. The van der Waals surface area contributed by atoms with Crippen LogP contribution in [-0.2, 0) is 4.79 Å². The summed E-state index contributed by atoms with van der Waals surface area (Å²) in [7, 11) is 0. The number of fused-ring (bicyclic) bond motifs is 1. The van der Waals surface area contributed by atoms with E-state index in [0.717, 1.165) is 21.7 Å².